The molecule has 17 heavy (non-hydrogen) atoms. The minimum atomic E-state index is 0.436. The first kappa shape index (κ1) is 11.9. The zero-order chi connectivity index (χ0) is 12.4. The van der Waals surface area contributed by atoms with Crippen molar-refractivity contribution in [2.75, 3.05) is 17.7 Å². The quantitative estimate of drug-likeness (QED) is 0.942. The van der Waals surface area contributed by atoms with Gasteiger partial charge >= 0.3 is 0 Å². The third kappa shape index (κ3) is 2.41. The van der Waals surface area contributed by atoms with Crippen molar-refractivity contribution in [1.29, 1.82) is 0 Å². The van der Waals surface area contributed by atoms with Crippen molar-refractivity contribution >= 4 is 27.6 Å². The Kier molecular flexibility index (Phi) is 3.33. The molecule has 0 aliphatic carbocycles. The van der Waals surface area contributed by atoms with Gasteiger partial charge in [0.1, 0.15) is 28.2 Å². The predicted octanol–water partition coefficient (Wildman–Crippen LogP) is 2.36. The lowest BCUT2D eigenvalue weighted by Crippen LogP contribution is -2.19. The smallest absolute Gasteiger partial charge is 0.148 e. The molecule has 6 heteroatoms. The van der Waals surface area contributed by atoms with Crippen LogP contribution in [0, 0.1) is 6.92 Å². The highest BCUT2D eigenvalue weighted by molar-refractivity contribution is 9.10. The summed E-state index contributed by atoms with van der Waals surface area (Å²) in [7, 11) is 1.94. The molecule has 0 aliphatic heterocycles. The Bertz CT molecular complexity index is 526. The van der Waals surface area contributed by atoms with Gasteiger partial charge in [-0.2, -0.15) is 0 Å². The van der Waals surface area contributed by atoms with E-state index < -0.39 is 0 Å². The number of aromatic nitrogens is 2. The number of anilines is 2. The number of hydrogen-bond donors (Lipinski definition) is 1. The van der Waals surface area contributed by atoms with Crippen LogP contribution in [0.1, 0.15) is 11.3 Å². The van der Waals surface area contributed by atoms with E-state index in [0.29, 0.717) is 16.8 Å². The fourth-order valence-electron chi connectivity index (χ4n) is 1.55. The fourth-order valence-corrected chi connectivity index (χ4v) is 2.05. The van der Waals surface area contributed by atoms with E-state index >= 15 is 0 Å². The molecule has 2 rings (SSSR count). The van der Waals surface area contributed by atoms with Gasteiger partial charge in [0.15, 0.2) is 0 Å². The molecule has 5 nitrogen and oxygen atoms in total. The molecule has 0 unspecified atom stereocenters. The third-order valence-electron chi connectivity index (χ3n) is 2.53. The summed E-state index contributed by atoms with van der Waals surface area (Å²) in [6.45, 7) is 2.64. The van der Waals surface area contributed by atoms with Gasteiger partial charge in [0.25, 0.3) is 0 Å². The van der Waals surface area contributed by atoms with E-state index in [1.807, 2.05) is 24.9 Å². The first-order valence-corrected chi connectivity index (χ1v) is 5.89. The molecule has 0 radical (unpaired) electrons. The van der Waals surface area contributed by atoms with Crippen LogP contribution in [-0.2, 0) is 6.54 Å². The summed E-state index contributed by atoms with van der Waals surface area (Å²) in [5.41, 5.74) is 6.84. The summed E-state index contributed by atoms with van der Waals surface area (Å²) in [4.78, 5) is 10.1. The molecule has 0 fully saturated rings. The number of aryl methyl sites for hydroxylation is 1. The van der Waals surface area contributed by atoms with Gasteiger partial charge in [-0.05, 0) is 28.9 Å². The number of halogens is 1. The second kappa shape index (κ2) is 4.75. The molecule has 2 aromatic rings. The molecule has 2 N–H and O–H groups in total. The first-order valence-electron chi connectivity index (χ1n) is 5.09. The summed E-state index contributed by atoms with van der Waals surface area (Å²) >= 11 is 3.39. The van der Waals surface area contributed by atoms with Gasteiger partial charge in [-0.3, -0.25) is 0 Å². The van der Waals surface area contributed by atoms with Gasteiger partial charge in [0.2, 0.25) is 0 Å². The lowest BCUT2D eigenvalue weighted by atomic mass is 10.2. The number of nitrogens with zero attached hydrogens (tertiary/aromatic N) is 3. The monoisotopic (exact) mass is 296 g/mol. The van der Waals surface area contributed by atoms with Crippen LogP contribution in [0.25, 0.3) is 0 Å². The maximum Gasteiger partial charge on any atom is 0.148 e. The van der Waals surface area contributed by atoms with Gasteiger partial charge in [-0.1, -0.05) is 0 Å². The lowest BCUT2D eigenvalue weighted by molar-refractivity contribution is 0.529. The van der Waals surface area contributed by atoms with Crippen molar-refractivity contribution in [3.63, 3.8) is 0 Å². The van der Waals surface area contributed by atoms with Gasteiger partial charge in [0.05, 0.1) is 6.26 Å². The Morgan fingerprint density at radius 1 is 1.47 bits per heavy atom. The van der Waals surface area contributed by atoms with Crippen molar-refractivity contribution in [1.82, 2.24) is 9.97 Å². The Labute approximate surface area is 108 Å². The number of nitrogens with two attached hydrogens (primary N) is 1. The SMILES string of the molecule is Cc1occc1CN(C)c1ncnc(N)c1Br. The molecular weight excluding hydrogens is 284 g/mol. The summed E-state index contributed by atoms with van der Waals surface area (Å²) in [5.74, 6) is 2.11. The largest absolute Gasteiger partial charge is 0.469 e. The van der Waals surface area contributed by atoms with E-state index in [0.717, 1.165) is 17.1 Å². The lowest BCUT2D eigenvalue weighted by Gasteiger charge is -2.19. The Balaban J connectivity index is 2.23. The Hall–Kier alpha value is -1.56. The molecule has 90 valence electrons. The van der Waals surface area contributed by atoms with Crippen molar-refractivity contribution in [3.05, 3.63) is 34.5 Å². The van der Waals surface area contributed by atoms with Crippen LogP contribution < -0.4 is 10.6 Å². The summed E-state index contributed by atoms with van der Waals surface area (Å²) in [6.07, 6.45) is 3.13. The molecule has 0 aliphatic rings. The van der Waals surface area contributed by atoms with Crippen molar-refractivity contribution in [3.8, 4) is 0 Å². The van der Waals surface area contributed by atoms with Gasteiger partial charge in [-0.15, -0.1) is 0 Å². The maximum absolute atomic E-state index is 5.72. The average Bonchev–Trinajstić information content (AvgIpc) is 2.68. The molecule has 2 aromatic heterocycles. The van der Waals surface area contributed by atoms with Gasteiger partial charge in [-0.25, -0.2) is 9.97 Å². The molecule has 0 saturated carbocycles. The number of hydrogen-bond acceptors (Lipinski definition) is 5. The molecule has 2 heterocycles. The first-order chi connectivity index (χ1) is 8.09. The van der Waals surface area contributed by atoms with Crippen LogP contribution in [0.5, 0.6) is 0 Å². The molecule has 0 amide bonds. The number of furan rings is 1. The third-order valence-corrected chi connectivity index (χ3v) is 3.29. The Morgan fingerprint density at radius 2 is 2.24 bits per heavy atom. The average molecular weight is 297 g/mol. The highest BCUT2D eigenvalue weighted by atomic mass is 79.9. The highest BCUT2D eigenvalue weighted by Crippen LogP contribution is 2.27. The van der Waals surface area contributed by atoms with Crippen molar-refractivity contribution in [2.24, 2.45) is 0 Å². The molecule has 0 spiro atoms. The van der Waals surface area contributed by atoms with E-state index in [2.05, 4.69) is 25.9 Å². The topological polar surface area (TPSA) is 68.2 Å². The van der Waals surface area contributed by atoms with Crippen LogP contribution in [0.3, 0.4) is 0 Å². The van der Waals surface area contributed by atoms with Crippen LogP contribution >= 0.6 is 15.9 Å². The van der Waals surface area contributed by atoms with E-state index in [4.69, 9.17) is 10.2 Å². The zero-order valence-corrected chi connectivity index (χ0v) is 11.2. The maximum atomic E-state index is 5.72. The number of rotatable bonds is 3. The van der Waals surface area contributed by atoms with Crippen molar-refractivity contribution in [2.45, 2.75) is 13.5 Å². The second-order valence-electron chi connectivity index (χ2n) is 3.75. The van der Waals surface area contributed by atoms with Crippen LogP contribution in [0.2, 0.25) is 0 Å². The molecule has 0 saturated heterocycles. The zero-order valence-electron chi connectivity index (χ0n) is 9.64. The molecular formula is C11H13BrN4O. The van der Waals surface area contributed by atoms with E-state index in [1.165, 1.54) is 6.33 Å². The van der Waals surface area contributed by atoms with E-state index in [-0.39, 0.29) is 0 Å². The summed E-state index contributed by atoms with van der Waals surface area (Å²) < 4.78 is 5.97. The van der Waals surface area contributed by atoms with Gasteiger partial charge < -0.3 is 15.1 Å². The van der Waals surface area contributed by atoms with Crippen LogP contribution in [0.4, 0.5) is 11.6 Å². The standard InChI is InChI=1S/C11H13BrN4O/c1-7-8(3-4-17-7)5-16(2)11-9(12)10(13)14-6-15-11/h3-4,6H,5H2,1-2H3,(H2,13,14,15). The fraction of sp³-hybridized carbons (Fsp3) is 0.273. The molecule has 0 atom stereocenters. The minimum Gasteiger partial charge on any atom is -0.469 e. The minimum absolute atomic E-state index is 0.436. The molecule has 0 bridgehead atoms. The predicted molar refractivity (Wildman–Crippen MR) is 69.7 cm³/mol. The van der Waals surface area contributed by atoms with Crippen molar-refractivity contribution < 1.29 is 4.42 Å². The normalized spacial score (nSPS) is 10.5. The Morgan fingerprint density at radius 3 is 2.88 bits per heavy atom. The summed E-state index contributed by atoms with van der Waals surface area (Å²) in [6, 6.07) is 1.95. The van der Waals surface area contributed by atoms with Crippen LogP contribution in [-0.4, -0.2) is 17.0 Å². The van der Waals surface area contributed by atoms with Crippen LogP contribution in [0.15, 0.2) is 27.5 Å². The summed E-state index contributed by atoms with van der Waals surface area (Å²) in [5, 5.41) is 0. The van der Waals surface area contributed by atoms with E-state index in [1.54, 1.807) is 6.26 Å². The second-order valence-corrected chi connectivity index (χ2v) is 4.55. The molecule has 0 aromatic carbocycles. The van der Waals surface area contributed by atoms with Gasteiger partial charge in [0, 0.05) is 19.2 Å². The highest BCUT2D eigenvalue weighted by Gasteiger charge is 2.12. The van der Waals surface area contributed by atoms with E-state index in [9.17, 15) is 0 Å². The number of nitrogen functional groups attached to an aromatic ring is 1.